The van der Waals surface area contributed by atoms with Crippen molar-refractivity contribution in [1.29, 1.82) is 0 Å². The largest absolute Gasteiger partial charge is 0.385 e. The molecule has 0 bridgehead atoms. The fourth-order valence-electron chi connectivity index (χ4n) is 3.25. The summed E-state index contributed by atoms with van der Waals surface area (Å²) in [5.41, 5.74) is 5.93. The van der Waals surface area contributed by atoms with Gasteiger partial charge in [0.05, 0.1) is 5.60 Å². The monoisotopic (exact) mass is 267 g/mol. The smallest absolute Gasteiger partial charge is 0.0942 e. The van der Waals surface area contributed by atoms with Crippen molar-refractivity contribution >= 4 is 11.6 Å². The first-order valence-electron chi connectivity index (χ1n) is 6.61. The lowest BCUT2D eigenvalue weighted by Gasteiger charge is -2.47. The van der Waals surface area contributed by atoms with Crippen LogP contribution >= 0.6 is 11.6 Å². The van der Waals surface area contributed by atoms with E-state index >= 15 is 0 Å². The third kappa shape index (κ3) is 2.56. The van der Waals surface area contributed by atoms with Crippen LogP contribution in [-0.4, -0.2) is 10.6 Å². The summed E-state index contributed by atoms with van der Waals surface area (Å²) in [5.74, 6) is 0.0669. The molecule has 100 valence electrons. The summed E-state index contributed by atoms with van der Waals surface area (Å²) in [6.45, 7) is 4.00. The summed E-state index contributed by atoms with van der Waals surface area (Å²) in [4.78, 5) is 0. The molecule has 1 aliphatic carbocycles. The second-order valence-corrected chi connectivity index (χ2v) is 6.49. The average Bonchev–Trinajstić information content (AvgIpc) is 2.28. The lowest BCUT2D eigenvalue weighted by molar-refractivity contribution is -0.0786. The summed E-state index contributed by atoms with van der Waals surface area (Å²) < 4.78 is 0. The normalized spacial score (nSPS) is 29.3. The molecule has 0 radical (unpaired) electrons. The molecule has 2 unspecified atom stereocenters. The van der Waals surface area contributed by atoms with E-state index in [9.17, 15) is 5.11 Å². The molecule has 2 atom stereocenters. The van der Waals surface area contributed by atoms with E-state index in [1.165, 1.54) is 0 Å². The zero-order chi connectivity index (χ0) is 13.4. The van der Waals surface area contributed by atoms with E-state index in [0.717, 1.165) is 31.2 Å². The highest BCUT2D eigenvalue weighted by molar-refractivity contribution is 6.30. The number of hydrogen-bond donors (Lipinski definition) is 2. The fraction of sp³-hybridized carbons (Fsp3) is 0.600. The zero-order valence-corrected chi connectivity index (χ0v) is 11.9. The van der Waals surface area contributed by atoms with Crippen LogP contribution in [0.4, 0.5) is 0 Å². The van der Waals surface area contributed by atoms with Crippen LogP contribution in [0.3, 0.4) is 0 Å². The molecule has 1 aromatic carbocycles. The van der Waals surface area contributed by atoms with Gasteiger partial charge >= 0.3 is 0 Å². The molecule has 2 rings (SSSR count). The van der Waals surface area contributed by atoms with Crippen LogP contribution in [0.25, 0.3) is 0 Å². The van der Waals surface area contributed by atoms with E-state index in [4.69, 9.17) is 17.3 Å². The molecule has 0 heterocycles. The maximum Gasteiger partial charge on any atom is 0.0942 e. The maximum atomic E-state index is 11.1. The predicted octanol–water partition coefficient (Wildman–Crippen LogP) is 3.46. The molecule has 0 aliphatic heterocycles. The van der Waals surface area contributed by atoms with Gasteiger partial charge in [0.15, 0.2) is 0 Å². The van der Waals surface area contributed by atoms with Gasteiger partial charge in [-0.15, -0.1) is 0 Å². The van der Waals surface area contributed by atoms with E-state index in [2.05, 4.69) is 0 Å². The average molecular weight is 268 g/mol. The molecule has 3 N–H and O–H groups in total. The van der Waals surface area contributed by atoms with Crippen molar-refractivity contribution in [3.8, 4) is 0 Å². The van der Waals surface area contributed by atoms with Gasteiger partial charge in [-0.1, -0.05) is 36.6 Å². The van der Waals surface area contributed by atoms with Gasteiger partial charge in [-0.05, 0) is 44.4 Å². The first-order chi connectivity index (χ1) is 8.34. The third-order valence-electron chi connectivity index (χ3n) is 4.10. The van der Waals surface area contributed by atoms with Crippen molar-refractivity contribution in [2.75, 3.05) is 0 Å². The summed E-state index contributed by atoms with van der Waals surface area (Å²) in [5, 5.41) is 11.8. The van der Waals surface area contributed by atoms with Crippen molar-refractivity contribution in [1.82, 2.24) is 0 Å². The molecule has 0 saturated heterocycles. The quantitative estimate of drug-likeness (QED) is 0.862. The van der Waals surface area contributed by atoms with Gasteiger partial charge in [0.2, 0.25) is 0 Å². The molecular weight excluding hydrogens is 246 g/mol. The van der Waals surface area contributed by atoms with Gasteiger partial charge in [0.1, 0.15) is 0 Å². The van der Waals surface area contributed by atoms with Crippen LogP contribution in [0.5, 0.6) is 0 Å². The Morgan fingerprint density at radius 3 is 2.72 bits per heavy atom. The SMILES string of the molecule is CC(C)(N)C1CCCCC1(O)c1cccc(Cl)c1. The van der Waals surface area contributed by atoms with Crippen molar-refractivity contribution in [3.05, 3.63) is 34.9 Å². The van der Waals surface area contributed by atoms with Crippen LogP contribution in [-0.2, 0) is 5.60 Å². The third-order valence-corrected chi connectivity index (χ3v) is 4.33. The highest BCUT2D eigenvalue weighted by Crippen LogP contribution is 2.46. The highest BCUT2D eigenvalue weighted by atomic mass is 35.5. The number of nitrogens with two attached hydrogens (primary N) is 1. The minimum Gasteiger partial charge on any atom is -0.385 e. The minimum atomic E-state index is -0.846. The molecule has 1 aromatic rings. The molecule has 1 aliphatic rings. The maximum absolute atomic E-state index is 11.1. The van der Waals surface area contributed by atoms with Crippen molar-refractivity contribution in [3.63, 3.8) is 0 Å². The molecule has 0 spiro atoms. The standard InChI is InChI=1S/C15H22ClNO/c1-14(2,17)13-8-3-4-9-15(13,18)11-6-5-7-12(16)10-11/h5-7,10,13,18H,3-4,8-9,17H2,1-2H3. The summed E-state index contributed by atoms with van der Waals surface area (Å²) >= 11 is 6.05. The van der Waals surface area contributed by atoms with E-state index < -0.39 is 11.1 Å². The Balaban J connectivity index is 2.42. The van der Waals surface area contributed by atoms with Crippen LogP contribution < -0.4 is 5.73 Å². The molecule has 1 saturated carbocycles. The molecule has 1 fully saturated rings. The van der Waals surface area contributed by atoms with Crippen LogP contribution in [0.1, 0.15) is 45.1 Å². The molecule has 18 heavy (non-hydrogen) atoms. The van der Waals surface area contributed by atoms with Gasteiger partial charge in [0.25, 0.3) is 0 Å². The fourth-order valence-corrected chi connectivity index (χ4v) is 3.44. The lowest BCUT2D eigenvalue weighted by Crippen LogP contribution is -2.53. The topological polar surface area (TPSA) is 46.2 Å². The summed E-state index contributed by atoms with van der Waals surface area (Å²) in [7, 11) is 0. The molecule has 0 aromatic heterocycles. The van der Waals surface area contributed by atoms with Gasteiger partial charge in [-0.25, -0.2) is 0 Å². The number of aliphatic hydroxyl groups is 1. The minimum absolute atomic E-state index is 0.0669. The first-order valence-corrected chi connectivity index (χ1v) is 6.99. The van der Waals surface area contributed by atoms with Crippen LogP contribution in [0, 0.1) is 5.92 Å². The Morgan fingerprint density at radius 1 is 1.39 bits per heavy atom. The Bertz CT molecular complexity index is 427. The molecule has 3 heteroatoms. The molecule has 0 amide bonds. The van der Waals surface area contributed by atoms with E-state index in [0.29, 0.717) is 5.02 Å². The number of hydrogen-bond acceptors (Lipinski definition) is 2. The van der Waals surface area contributed by atoms with Gasteiger partial charge in [-0.2, -0.15) is 0 Å². The number of benzene rings is 1. The Hall–Kier alpha value is -0.570. The van der Waals surface area contributed by atoms with Crippen LogP contribution in [0.2, 0.25) is 5.02 Å². The van der Waals surface area contributed by atoms with Gasteiger partial charge < -0.3 is 10.8 Å². The second kappa shape index (κ2) is 4.84. The predicted molar refractivity (Wildman–Crippen MR) is 75.6 cm³/mol. The highest BCUT2D eigenvalue weighted by Gasteiger charge is 2.46. The molecular formula is C15H22ClNO. The van der Waals surface area contributed by atoms with Crippen molar-refractivity contribution < 1.29 is 5.11 Å². The second-order valence-electron chi connectivity index (χ2n) is 6.05. The Kier molecular flexibility index (Phi) is 3.72. The lowest BCUT2D eigenvalue weighted by atomic mass is 9.64. The van der Waals surface area contributed by atoms with Gasteiger partial charge in [-0.3, -0.25) is 0 Å². The number of halogens is 1. The summed E-state index contributed by atoms with van der Waals surface area (Å²) in [6, 6.07) is 7.55. The first kappa shape index (κ1) is 13.9. The summed E-state index contributed by atoms with van der Waals surface area (Å²) in [6.07, 6.45) is 3.90. The van der Waals surface area contributed by atoms with E-state index in [-0.39, 0.29) is 5.92 Å². The van der Waals surface area contributed by atoms with Crippen LogP contribution in [0.15, 0.2) is 24.3 Å². The Morgan fingerprint density at radius 2 is 2.11 bits per heavy atom. The number of rotatable bonds is 2. The zero-order valence-electron chi connectivity index (χ0n) is 11.1. The van der Waals surface area contributed by atoms with E-state index in [1.54, 1.807) is 0 Å². The molecule has 2 nitrogen and oxygen atoms in total. The van der Waals surface area contributed by atoms with Crippen molar-refractivity contribution in [2.45, 2.75) is 50.7 Å². The van der Waals surface area contributed by atoms with E-state index in [1.807, 2.05) is 38.1 Å². The Labute approximate surface area is 114 Å². The van der Waals surface area contributed by atoms with Crippen molar-refractivity contribution in [2.24, 2.45) is 11.7 Å². The van der Waals surface area contributed by atoms with Gasteiger partial charge in [0, 0.05) is 16.5 Å².